The summed E-state index contributed by atoms with van der Waals surface area (Å²) in [4.78, 5) is 24.0. The van der Waals surface area contributed by atoms with Gasteiger partial charge in [0.1, 0.15) is 13.2 Å². The summed E-state index contributed by atoms with van der Waals surface area (Å²) < 4.78 is 9.80. The largest absolute Gasteiger partial charge is 0.461 e. The Bertz CT molecular complexity index is 346. The number of esters is 1. The van der Waals surface area contributed by atoms with Crippen molar-refractivity contribution in [2.75, 3.05) is 26.3 Å². The van der Waals surface area contributed by atoms with Crippen molar-refractivity contribution in [2.45, 2.75) is 19.8 Å². The lowest BCUT2D eigenvalue weighted by molar-refractivity contribution is -0.138. The first-order valence-corrected chi connectivity index (χ1v) is 5.93. The molecule has 0 N–H and O–H groups in total. The summed E-state index contributed by atoms with van der Waals surface area (Å²) >= 11 is 0. The van der Waals surface area contributed by atoms with Crippen LogP contribution in [0.25, 0.3) is 0 Å². The first-order valence-electron chi connectivity index (χ1n) is 5.93. The summed E-state index contributed by atoms with van der Waals surface area (Å²) in [5, 5.41) is 0. The van der Waals surface area contributed by atoms with E-state index in [1.807, 2.05) is 6.92 Å². The van der Waals surface area contributed by atoms with Gasteiger partial charge in [0, 0.05) is 6.08 Å². The number of allylic oxidation sites excluding steroid dienone is 1. The molecule has 17 heavy (non-hydrogen) atoms. The van der Waals surface area contributed by atoms with Gasteiger partial charge < -0.3 is 14.4 Å². The van der Waals surface area contributed by atoms with E-state index in [0.717, 1.165) is 5.57 Å². The summed E-state index contributed by atoms with van der Waals surface area (Å²) in [6, 6.07) is 0. The van der Waals surface area contributed by atoms with Crippen molar-refractivity contribution in [1.82, 2.24) is 4.90 Å². The fourth-order valence-electron chi connectivity index (χ4n) is 1.77. The zero-order chi connectivity index (χ0) is 12.3. The lowest BCUT2D eigenvalue weighted by Crippen LogP contribution is -2.28. The van der Waals surface area contributed by atoms with E-state index in [1.165, 1.54) is 17.7 Å². The number of hydrogen-bond donors (Lipinski definition) is 0. The van der Waals surface area contributed by atoms with Gasteiger partial charge in [-0.3, -0.25) is 0 Å². The summed E-state index contributed by atoms with van der Waals surface area (Å²) in [7, 11) is 0. The molecular weight excluding hydrogens is 222 g/mol. The molecule has 1 heterocycles. The zero-order valence-electron chi connectivity index (χ0n) is 9.98. The fourth-order valence-corrected chi connectivity index (χ4v) is 1.77. The lowest BCUT2D eigenvalue weighted by atomic mass is 10.2. The van der Waals surface area contributed by atoms with Crippen molar-refractivity contribution in [1.29, 1.82) is 0 Å². The van der Waals surface area contributed by atoms with Crippen molar-refractivity contribution in [3.63, 3.8) is 0 Å². The number of amides is 1. The van der Waals surface area contributed by atoms with Crippen LogP contribution in [-0.2, 0) is 14.3 Å². The maximum absolute atomic E-state index is 11.4. The number of rotatable bonds is 5. The third-order valence-electron chi connectivity index (χ3n) is 3.02. The minimum atomic E-state index is -0.328. The number of carbonyl (C=O) groups excluding carboxylic acids is 2. The van der Waals surface area contributed by atoms with E-state index < -0.39 is 0 Å². The molecule has 5 nitrogen and oxygen atoms in total. The van der Waals surface area contributed by atoms with Crippen LogP contribution in [0.1, 0.15) is 19.8 Å². The molecule has 0 atom stereocenters. The maximum Gasteiger partial charge on any atom is 0.410 e. The number of cyclic esters (lactones) is 1. The van der Waals surface area contributed by atoms with Gasteiger partial charge in [-0.05, 0) is 25.7 Å². The number of carbonyl (C=O) groups is 2. The van der Waals surface area contributed by atoms with Crippen LogP contribution in [0.15, 0.2) is 11.6 Å². The van der Waals surface area contributed by atoms with E-state index >= 15 is 0 Å². The molecule has 2 rings (SSSR count). The third-order valence-corrected chi connectivity index (χ3v) is 3.02. The molecule has 2 aliphatic rings. The van der Waals surface area contributed by atoms with E-state index in [-0.39, 0.29) is 18.7 Å². The first kappa shape index (κ1) is 12.0. The van der Waals surface area contributed by atoms with Crippen LogP contribution in [0.5, 0.6) is 0 Å². The molecule has 0 aromatic heterocycles. The predicted octanol–water partition coefficient (Wildman–Crippen LogP) is 1.34. The minimum absolute atomic E-state index is 0.225. The van der Waals surface area contributed by atoms with Gasteiger partial charge in [-0.2, -0.15) is 0 Å². The Balaban J connectivity index is 1.66. The van der Waals surface area contributed by atoms with Crippen molar-refractivity contribution in [3.8, 4) is 0 Å². The highest BCUT2D eigenvalue weighted by atomic mass is 16.6. The van der Waals surface area contributed by atoms with E-state index in [4.69, 9.17) is 9.47 Å². The standard InChI is InChI=1S/C12H17NO4/c1-9(10-2-3-10)8-11(14)16-6-4-13-5-7-17-12(13)15/h8,10H,2-7H2,1H3/b9-8+. The molecule has 0 aromatic carbocycles. The molecule has 0 radical (unpaired) electrons. The van der Waals surface area contributed by atoms with Crippen LogP contribution in [0.2, 0.25) is 0 Å². The van der Waals surface area contributed by atoms with Gasteiger partial charge >= 0.3 is 12.1 Å². The molecule has 1 amide bonds. The van der Waals surface area contributed by atoms with E-state index in [2.05, 4.69) is 0 Å². The van der Waals surface area contributed by atoms with Gasteiger partial charge in [0.15, 0.2) is 0 Å². The van der Waals surface area contributed by atoms with Crippen LogP contribution in [-0.4, -0.2) is 43.3 Å². The van der Waals surface area contributed by atoms with Crippen molar-refractivity contribution < 1.29 is 19.1 Å². The molecule has 0 spiro atoms. The molecule has 0 aromatic rings. The van der Waals surface area contributed by atoms with Gasteiger partial charge in [-0.25, -0.2) is 9.59 Å². The molecule has 0 bridgehead atoms. The third kappa shape index (κ3) is 3.47. The Morgan fingerprint density at radius 1 is 1.59 bits per heavy atom. The highest BCUT2D eigenvalue weighted by Crippen LogP contribution is 2.35. The summed E-state index contributed by atoms with van der Waals surface area (Å²) in [6.45, 7) is 3.58. The van der Waals surface area contributed by atoms with Gasteiger partial charge in [0.05, 0.1) is 13.1 Å². The molecule has 0 unspecified atom stereocenters. The van der Waals surface area contributed by atoms with Gasteiger partial charge in [-0.1, -0.05) is 5.57 Å². The van der Waals surface area contributed by atoms with Crippen LogP contribution in [0, 0.1) is 5.92 Å². The van der Waals surface area contributed by atoms with Gasteiger partial charge in [0.2, 0.25) is 0 Å². The summed E-state index contributed by atoms with van der Waals surface area (Å²) in [5.74, 6) is 0.262. The van der Waals surface area contributed by atoms with Crippen molar-refractivity contribution in [3.05, 3.63) is 11.6 Å². The fraction of sp³-hybridized carbons (Fsp3) is 0.667. The Kier molecular flexibility index (Phi) is 3.66. The normalized spacial score (nSPS) is 20.4. The van der Waals surface area contributed by atoms with E-state index in [1.54, 1.807) is 6.08 Å². The quantitative estimate of drug-likeness (QED) is 0.536. The second-order valence-corrected chi connectivity index (χ2v) is 4.43. The topological polar surface area (TPSA) is 55.8 Å². The van der Waals surface area contributed by atoms with E-state index in [9.17, 15) is 9.59 Å². The van der Waals surface area contributed by atoms with Gasteiger partial charge in [0.25, 0.3) is 0 Å². The Hall–Kier alpha value is -1.52. The number of nitrogens with zero attached hydrogens (tertiary/aromatic N) is 1. The van der Waals surface area contributed by atoms with Crippen LogP contribution >= 0.6 is 0 Å². The SMILES string of the molecule is C/C(=C\C(=O)OCCN1CCOC1=O)C1CC1. The number of hydrogen-bond acceptors (Lipinski definition) is 4. The zero-order valence-corrected chi connectivity index (χ0v) is 9.98. The molecule has 1 aliphatic carbocycles. The average Bonchev–Trinajstić information content (AvgIpc) is 3.05. The molecule has 2 fully saturated rings. The molecule has 94 valence electrons. The Labute approximate surface area is 100 Å². The van der Waals surface area contributed by atoms with Crippen LogP contribution in [0.3, 0.4) is 0 Å². The lowest BCUT2D eigenvalue weighted by Gasteiger charge is -2.11. The second-order valence-electron chi connectivity index (χ2n) is 4.43. The Morgan fingerprint density at radius 3 is 2.94 bits per heavy atom. The minimum Gasteiger partial charge on any atom is -0.461 e. The molecule has 1 saturated carbocycles. The van der Waals surface area contributed by atoms with Crippen LogP contribution in [0.4, 0.5) is 4.79 Å². The highest BCUT2D eigenvalue weighted by Gasteiger charge is 2.24. The van der Waals surface area contributed by atoms with Gasteiger partial charge in [-0.15, -0.1) is 0 Å². The molecular formula is C12H17NO4. The van der Waals surface area contributed by atoms with Crippen molar-refractivity contribution in [2.24, 2.45) is 5.92 Å². The van der Waals surface area contributed by atoms with Crippen LogP contribution < -0.4 is 0 Å². The Morgan fingerprint density at radius 2 is 2.35 bits per heavy atom. The first-order chi connectivity index (χ1) is 8.16. The second kappa shape index (κ2) is 5.21. The molecule has 1 saturated heterocycles. The predicted molar refractivity (Wildman–Crippen MR) is 60.4 cm³/mol. The summed E-state index contributed by atoms with van der Waals surface area (Å²) in [5.41, 5.74) is 1.09. The molecule has 1 aliphatic heterocycles. The maximum atomic E-state index is 11.4. The monoisotopic (exact) mass is 239 g/mol. The smallest absolute Gasteiger partial charge is 0.410 e. The van der Waals surface area contributed by atoms with Crippen molar-refractivity contribution >= 4 is 12.1 Å². The average molecular weight is 239 g/mol. The molecule has 5 heteroatoms. The highest BCUT2D eigenvalue weighted by molar-refractivity contribution is 5.82. The number of ether oxygens (including phenoxy) is 2. The van der Waals surface area contributed by atoms with E-state index in [0.29, 0.717) is 25.6 Å². The summed E-state index contributed by atoms with van der Waals surface area (Å²) in [6.07, 6.45) is 3.58.